The van der Waals surface area contributed by atoms with Gasteiger partial charge in [-0.1, -0.05) is 0 Å². The van der Waals surface area contributed by atoms with Crippen molar-refractivity contribution in [2.75, 3.05) is 0 Å². The number of hydrogen-bond donors (Lipinski definition) is 2. The van der Waals surface area contributed by atoms with Crippen molar-refractivity contribution in [3.8, 4) is 0 Å². The van der Waals surface area contributed by atoms with Crippen LogP contribution in [0.15, 0.2) is 0 Å². The van der Waals surface area contributed by atoms with Crippen LogP contribution in [0.1, 0.15) is 40.0 Å². The third-order valence-corrected chi connectivity index (χ3v) is 3.78. The molecule has 4 atom stereocenters. The maximum atomic E-state index is 12.2. The summed E-state index contributed by atoms with van der Waals surface area (Å²) in [4.78, 5) is 25.0. The smallest absolute Gasteiger partial charge is 0.410 e. The molecule has 0 aromatic rings. The molecule has 2 fully saturated rings. The Bertz CT molecular complexity index is 389. The first-order chi connectivity index (χ1) is 8.70. The molecule has 0 aromatic heterocycles. The maximum Gasteiger partial charge on any atom is 0.410 e. The summed E-state index contributed by atoms with van der Waals surface area (Å²) in [7, 11) is 0. The lowest BCUT2D eigenvalue weighted by Crippen LogP contribution is -2.56. The van der Waals surface area contributed by atoms with E-state index in [2.05, 4.69) is 0 Å². The number of ether oxygens (including phenoxy) is 1. The van der Waals surface area contributed by atoms with Gasteiger partial charge in [-0.05, 0) is 40.0 Å². The second-order valence-corrected chi connectivity index (χ2v) is 6.35. The Balaban J connectivity index is 2.18. The summed E-state index contributed by atoms with van der Waals surface area (Å²) in [5, 5.41) is 19.1. The molecule has 6 heteroatoms. The van der Waals surface area contributed by atoms with Crippen molar-refractivity contribution in [1.29, 1.82) is 0 Å². The number of carbonyl (C=O) groups excluding carboxylic acids is 1. The molecule has 1 amide bonds. The molecule has 2 aliphatic rings. The van der Waals surface area contributed by atoms with Gasteiger partial charge in [0.05, 0.1) is 12.1 Å². The van der Waals surface area contributed by atoms with Crippen LogP contribution in [0.25, 0.3) is 0 Å². The fourth-order valence-electron chi connectivity index (χ4n) is 3.11. The van der Waals surface area contributed by atoms with Gasteiger partial charge in [-0.3, -0.25) is 4.79 Å². The van der Waals surface area contributed by atoms with E-state index in [1.807, 2.05) is 0 Å². The Hall–Kier alpha value is -1.30. The number of piperidine rings is 1. The topological polar surface area (TPSA) is 87.1 Å². The monoisotopic (exact) mass is 271 g/mol. The minimum atomic E-state index is -1.05. The molecule has 108 valence electrons. The average Bonchev–Trinajstić information content (AvgIpc) is 2.51. The Kier molecular flexibility index (Phi) is 3.47. The largest absolute Gasteiger partial charge is 0.481 e. The van der Waals surface area contributed by atoms with Gasteiger partial charge >= 0.3 is 12.1 Å². The fraction of sp³-hybridized carbons (Fsp3) is 0.846. The number of amides is 1. The van der Waals surface area contributed by atoms with E-state index in [1.54, 1.807) is 20.8 Å². The number of carbonyl (C=O) groups is 2. The molecule has 2 rings (SSSR count). The van der Waals surface area contributed by atoms with E-state index >= 15 is 0 Å². The van der Waals surface area contributed by atoms with E-state index < -0.39 is 35.7 Å². The molecule has 2 aliphatic heterocycles. The summed E-state index contributed by atoms with van der Waals surface area (Å²) in [5.41, 5.74) is -0.606. The standard InChI is InChI=1S/C13H21NO5/c1-13(2,3)19-12(18)14-7-4-5-8(14)10(11(16)17)9(15)6-7/h7-10,15H,4-6H2,1-3H3,(H,16,17). The molecule has 0 radical (unpaired) electrons. The molecule has 0 spiro atoms. The summed E-state index contributed by atoms with van der Waals surface area (Å²) in [5.74, 6) is -1.96. The van der Waals surface area contributed by atoms with Gasteiger partial charge in [0.1, 0.15) is 11.5 Å². The first kappa shape index (κ1) is 14.1. The summed E-state index contributed by atoms with van der Waals surface area (Å²) >= 11 is 0. The van der Waals surface area contributed by atoms with Gasteiger partial charge in [-0.2, -0.15) is 0 Å². The predicted molar refractivity (Wildman–Crippen MR) is 66.6 cm³/mol. The van der Waals surface area contributed by atoms with Gasteiger partial charge in [0.25, 0.3) is 0 Å². The highest BCUT2D eigenvalue weighted by atomic mass is 16.6. The zero-order valence-corrected chi connectivity index (χ0v) is 11.5. The average molecular weight is 271 g/mol. The van der Waals surface area contributed by atoms with Crippen molar-refractivity contribution in [3.05, 3.63) is 0 Å². The second kappa shape index (κ2) is 4.67. The maximum absolute atomic E-state index is 12.2. The van der Waals surface area contributed by atoms with Crippen LogP contribution in [0.3, 0.4) is 0 Å². The fourth-order valence-corrected chi connectivity index (χ4v) is 3.11. The van der Waals surface area contributed by atoms with E-state index in [4.69, 9.17) is 4.74 Å². The first-order valence-corrected chi connectivity index (χ1v) is 6.63. The van der Waals surface area contributed by atoms with Gasteiger partial charge in [-0.25, -0.2) is 4.79 Å². The van der Waals surface area contributed by atoms with Crippen LogP contribution < -0.4 is 0 Å². The summed E-state index contributed by atoms with van der Waals surface area (Å²) in [6, 6.07) is -0.563. The first-order valence-electron chi connectivity index (χ1n) is 6.63. The molecule has 2 heterocycles. The van der Waals surface area contributed by atoms with E-state index in [9.17, 15) is 19.8 Å². The Labute approximate surface area is 112 Å². The lowest BCUT2D eigenvalue weighted by Gasteiger charge is -2.41. The molecule has 2 bridgehead atoms. The highest BCUT2D eigenvalue weighted by Gasteiger charge is 2.52. The highest BCUT2D eigenvalue weighted by molar-refractivity contribution is 5.75. The van der Waals surface area contributed by atoms with Crippen LogP contribution in [0.2, 0.25) is 0 Å². The van der Waals surface area contributed by atoms with Gasteiger partial charge in [0.2, 0.25) is 0 Å². The zero-order chi connectivity index (χ0) is 14.4. The number of aliphatic carboxylic acids is 1. The van der Waals surface area contributed by atoms with E-state index in [-0.39, 0.29) is 6.04 Å². The SMILES string of the molecule is CC(C)(C)OC(=O)N1C2CCC1C(C(=O)O)C(O)C2. The molecule has 0 aliphatic carbocycles. The molecule has 19 heavy (non-hydrogen) atoms. The van der Waals surface area contributed by atoms with Gasteiger partial charge < -0.3 is 19.8 Å². The van der Waals surface area contributed by atoms with Gasteiger partial charge in [0, 0.05) is 6.04 Å². The number of fused-ring (bicyclic) bond motifs is 2. The van der Waals surface area contributed by atoms with Crippen molar-refractivity contribution < 1.29 is 24.5 Å². The van der Waals surface area contributed by atoms with Crippen LogP contribution in [0, 0.1) is 5.92 Å². The Morgan fingerprint density at radius 2 is 1.89 bits per heavy atom. The lowest BCUT2D eigenvalue weighted by atomic mass is 9.88. The van der Waals surface area contributed by atoms with Crippen molar-refractivity contribution in [3.63, 3.8) is 0 Å². The number of carboxylic acid groups (broad SMARTS) is 1. The molecular formula is C13H21NO5. The summed E-state index contributed by atoms with van der Waals surface area (Å²) in [6.45, 7) is 5.33. The summed E-state index contributed by atoms with van der Waals surface area (Å²) in [6.07, 6.45) is 0.293. The minimum Gasteiger partial charge on any atom is -0.481 e. The van der Waals surface area contributed by atoms with Crippen LogP contribution in [0.4, 0.5) is 4.79 Å². The van der Waals surface area contributed by atoms with Crippen LogP contribution in [0.5, 0.6) is 0 Å². The molecule has 0 aromatic carbocycles. The van der Waals surface area contributed by atoms with Crippen molar-refractivity contribution in [2.45, 2.75) is 63.8 Å². The van der Waals surface area contributed by atoms with Gasteiger partial charge in [0.15, 0.2) is 0 Å². The highest BCUT2D eigenvalue weighted by Crippen LogP contribution is 2.40. The molecule has 4 unspecified atom stereocenters. The zero-order valence-electron chi connectivity index (χ0n) is 11.5. The number of hydrogen-bond acceptors (Lipinski definition) is 4. The predicted octanol–water partition coefficient (Wildman–Crippen LogP) is 1.22. The lowest BCUT2D eigenvalue weighted by molar-refractivity contribution is -0.151. The third kappa shape index (κ3) is 2.68. The molecule has 2 saturated heterocycles. The number of rotatable bonds is 1. The van der Waals surface area contributed by atoms with E-state index in [0.29, 0.717) is 12.8 Å². The van der Waals surface area contributed by atoms with Crippen LogP contribution in [-0.4, -0.2) is 51.0 Å². The second-order valence-electron chi connectivity index (χ2n) is 6.35. The molecular weight excluding hydrogens is 250 g/mol. The van der Waals surface area contributed by atoms with Crippen molar-refractivity contribution >= 4 is 12.1 Å². The van der Waals surface area contributed by atoms with E-state index in [1.165, 1.54) is 4.90 Å². The quantitative estimate of drug-likeness (QED) is 0.748. The number of nitrogens with zero attached hydrogens (tertiary/aromatic N) is 1. The van der Waals surface area contributed by atoms with Crippen molar-refractivity contribution in [1.82, 2.24) is 4.90 Å². The van der Waals surface area contributed by atoms with Crippen LogP contribution >= 0.6 is 0 Å². The Morgan fingerprint density at radius 3 is 2.42 bits per heavy atom. The van der Waals surface area contributed by atoms with Crippen LogP contribution in [-0.2, 0) is 9.53 Å². The summed E-state index contributed by atoms with van der Waals surface area (Å²) < 4.78 is 5.33. The number of aliphatic hydroxyl groups is 1. The Morgan fingerprint density at radius 1 is 1.26 bits per heavy atom. The number of aliphatic hydroxyl groups excluding tert-OH is 1. The van der Waals surface area contributed by atoms with Gasteiger partial charge in [-0.15, -0.1) is 0 Å². The molecule has 2 N–H and O–H groups in total. The normalized spacial score (nSPS) is 34.2. The molecule has 0 saturated carbocycles. The van der Waals surface area contributed by atoms with Crippen molar-refractivity contribution in [2.24, 2.45) is 5.92 Å². The third-order valence-electron chi connectivity index (χ3n) is 3.78. The molecule has 6 nitrogen and oxygen atoms in total. The minimum absolute atomic E-state index is 0.106. The van der Waals surface area contributed by atoms with E-state index in [0.717, 1.165) is 6.42 Å². The number of carboxylic acids is 1.